The molecular weight excluding hydrogens is 393 g/mol. The third kappa shape index (κ3) is 2.83. The molecule has 0 bridgehead atoms. The molecule has 5 aromatic rings. The van der Waals surface area contributed by atoms with E-state index in [2.05, 4.69) is 20.1 Å². The molecule has 0 aliphatic rings. The van der Waals surface area contributed by atoms with Gasteiger partial charge in [0.25, 0.3) is 0 Å². The van der Waals surface area contributed by atoms with Crippen LogP contribution in [0, 0.1) is 10.7 Å². The quantitative estimate of drug-likeness (QED) is 0.355. The smallest absolute Gasteiger partial charge is 0.161 e. The Hall–Kier alpha value is -3.71. The van der Waals surface area contributed by atoms with Crippen molar-refractivity contribution >= 4 is 39.2 Å². The summed E-state index contributed by atoms with van der Waals surface area (Å²) in [6.45, 7) is 0. The van der Waals surface area contributed by atoms with Gasteiger partial charge in [0, 0.05) is 46.1 Å². The number of benzene rings is 1. The number of hydrogen-bond acceptors (Lipinski definition) is 5. The number of hydrogen-bond donors (Lipinski definition) is 0. The van der Waals surface area contributed by atoms with E-state index in [4.69, 9.17) is 11.6 Å². The molecule has 0 aliphatic heterocycles. The second-order valence-corrected chi connectivity index (χ2v) is 6.83. The first kappa shape index (κ1) is 17.4. The molecule has 0 saturated carbocycles. The minimum Gasteiger partial charge on any atom is -0.313 e. The predicted octanol–water partition coefficient (Wildman–Crippen LogP) is 5.83. The number of fused-ring (bicyclic) bond motifs is 2. The van der Waals surface area contributed by atoms with Gasteiger partial charge in [-0.1, -0.05) is 11.6 Å². The van der Waals surface area contributed by atoms with Crippen molar-refractivity contribution in [1.82, 2.24) is 19.5 Å². The van der Waals surface area contributed by atoms with Gasteiger partial charge in [-0.3, -0.25) is 4.98 Å². The van der Waals surface area contributed by atoms with Gasteiger partial charge in [0.1, 0.15) is 11.5 Å². The molecule has 0 radical (unpaired) electrons. The van der Waals surface area contributed by atoms with Gasteiger partial charge in [-0.15, -0.1) is 4.91 Å². The van der Waals surface area contributed by atoms with Gasteiger partial charge in [-0.05, 0) is 47.6 Å². The van der Waals surface area contributed by atoms with Crippen LogP contribution in [0.3, 0.4) is 0 Å². The Morgan fingerprint density at radius 3 is 2.83 bits per heavy atom. The molecule has 29 heavy (non-hydrogen) atoms. The van der Waals surface area contributed by atoms with E-state index in [1.807, 2.05) is 10.6 Å². The standard InChI is InChI=1S/C21H11ClFN5O/c22-12-3-4-16(23)14(8-12)17-9-20(13-2-1-6-25-21(13)26-17)28-11-18(27-29)15-10-24-7-5-19(15)28/h1-11H. The van der Waals surface area contributed by atoms with Gasteiger partial charge in [-0.25, -0.2) is 14.4 Å². The van der Waals surface area contributed by atoms with Gasteiger partial charge in [0.15, 0.2) is 5.65 Å². The minimum atomic E-state index is -0.444. The molecule has 4 heterocycles. The second-order valence-electron chi connectivity index (χ2n) is 6.39. The van der Waals surface area contributed by atoms with Crippen LogP contribution in [0.5, 0.6) is 0 Å². The summed E-state index contributed by atoms with van der Waals surface area (Å²) in [6.07, 6.45) is 6.46. The highest BCUT2D eigenvalue weighted by Crippen LogP contribution is 2.34. The van der Waals surface area contributed by atoms with Crippen LogP contribution in [-0.4, -0.2) is 19.5 Å². The van der Waals surface area contributed by atoms with E-state index in [0.717, 1.165) is 10.9 Å². The van der Waals surface area contributed by atoms with Gasteiger partial charge < -0.3 is 4.57 Å². The Balaban J connectivity index is 1.87. The molecule has 8 heteroatoms. The normalized spacial score (nSPS) is 11.2. The van der Waals surface area contributed by atoms with Gasteiger partial charge in [0.05, 0.1) is 16.9 Å². The lowest BCUT2D eigenvalue weighted by molar-refractivity contribution is 0.631. The zero-order valence-corrected chi connectivity index (χ0v) is 15.5. The van der Waals surface area contributed by atoms with Gasteiger partial charge in [0.2, 0.25) is 0 Å². The highest BCUT2D eigenvalue weighted by Gasteiger charge is 2.17. The lowest BCUT2D eigenvalue weighted by atomic mass is 10.1. The molecular formula is C21H11ClFN5O. The van der Waals surface area contributed by atoms with E-state index in [1.54, 1.807) is 43.0 Å². The molecule has 0 fully saturated rings. The van der Waals surface area contributed by atoms with Crippen molar-refractivity contribution in [2.24, 2.45) is 5.18 Å². The predicted molar refractivity (Wildman–Crippen MR) is 110 cm³/mol. The van der Waals surface area contributed by atoms with E-state index in [0.29, 0.717) is 27.4 Å². The van der Waals surface area contributed by atoms with Crippen LogP contribution in [0.25, 0.3) is 38.9 Å². The molecule has 0 atom stereocenters. The zero-order valence-electron chi connectivity index (χ0n) is 14.8. The van der Waals surface area contributed by atoms with Crippen molar-refractivity contribution in [2.45, 2.75) is 0 Å². The Morgan fingerprint density at radius 2 is 1.97 bits per heavy atom. The molecule has 0 amide bonds. The lowest BCUT2D eigenvalue weighted by Gasteiger charge is -2.12. The first-order valence-electron chi connectivity index (χ1n) is 8.66. The maximum atomic E-state index is 14.5. The molecule has 0 spiro atoms. The van der Waals surface area contributed by atoms with E-state index < -0.39 is 5.82 Å². The van der Waals surface area contributed by atoms with Gasteiger partial charge >= 0.3 is 0 Å². The summed E-state index contributed by atoms with van der Waals surface area (Å²) in [5.74, 6) is -0.444. The SMILES string of the molecule is O=Nc1cn(-c2cc(-c3cc(Cl)ccc3F)nc3ncccc23)c2ccncc12. The summed E-state index contributed by atoms with van der Waals surface area (Å²) in [6, 6.07) is 11.5. The first-order valence-corrected chi connectivity index (χ1v) is 9.03. The number of rotatable bonds is 3. The summed E-state index contributed by atoms with van der Waals surface area (Å²) >= 11 is 6.07. The molecule has 5 rings (SSSR count). The highest BCUT2D eigenvalue weighted by atomic mass is 35.5. The number of nitroso groups, excluding NO2 is 1. The van der Waals surface area contributed by atoms with Crippen LogP contribution in [-0.2, 0) is 0 Å². The van der Waals surface area contributed by atoms with Crippen LogP contribution in [0.4, 0.5) is 10.1 Å². The van der Waals surface area contributed by atoms with E-state index in [-0.39, 0.29) is 11.3 Å². The fourth-order valence-corrected chi connectivity index (χ4v) is 3.57. The van der Waals surface area contributed by atoms with Crippen molar-refractivity contribution in [1.29, 1.82) is 0 Å². The summed E-state index contributed by atoms with van der Waals surface area (Å²) < 4.78 is 16.3. The van der Waals surface area contributed by atoms with Crippen molar-refractivity contribution in [2.75, 3.05) is 0 Å². The monoisotopic (exact) mass is 403 g/mol. The van der Waals surface area contributed by atoms with Crippen molar-refractivity contribution in [3.63, 3.8) is 0 Å². The topological polar surface area (TPSA) is 73.0 Å². The Kier molecular flexibility index (Phi) is 4.03. The van der Waals surface area contributed by atoms with E-state index in [1.165, 1.54) is 18.2 Å². The molecule has 0 saturated heterocycles. The maximum Gasteiger partial charge on any atom is 0.161 e. The van der Waals surface area contributed by atoms with E-state index in [9.17, 15) is 9.30 Å². The van der Waals surface area contributed by atoms with E-state index >= 15 is 0 Å². The minimum absolute atomic E-state index is 0.262. The average molecular weight is 404 g/mol. The molecule has 0 aliphatic carbocycles. The maximum absolute atomic E-state index is 14.5. The molecule has 1 aromatic carbocycles. The summed E-state index contributed by atoms with van der Waals surface area (Å²) in [5, 5.41) is 4.87. The van der Waals surface area contributed by atoms with Crippen LogP contribution >= 0.6 is 11.6 Å². The van der Waals surface area contributed by atoms with Gasteiger partial charge in [-0.2, -0.15) is 0 Å². The average Bonchev–Trinajstić information content (AvgIpc) is 3.13. The van der Waals surface area contributed by atoms with Crippen LogP contribution in [0.1, 0.15) is 0 Å². The number of nitrogens with zero attached hydrogens (tertiary/aromatic N) is 5. The fourth-order valence-electron chi connectivity index (χ4n) is 3.40. The summed E-state index contributed by atoms with van der Waals surface area (Å²) in [4.78, 5) is 24.3. The largest absolute Gasteiger partial charge is 0.313 e. The third-order valence-electron chi connectivity index (χ3n) is 4.71. The molecule has 0 N–H and O–H groups in total. The van der Waals surface area contributed by atoms with Crippen molar-refractivity contribution < 1.29 is 4.39 Å². The van der Waals surface area contributed by atoms with Crippen molar-refractivity contribution in [3.05, 3.63) is 83.0 Å². The molecule has 0 unspecified atom stereocenters. The van der Waals surface area contributed by atoms with Crippen LogP contribution < -0.4 is 0 Å². The number of halogens is 2. The molecule has 6 nitrogen and oxygen atoms in total. The Bertz CT molecular complexity index is 1420. The lowest BCUT2D eigenvalue weighted by Crippen LogP contribution is -1.99. The zero-order chi connectivity index (χ0) is 20.0. The fraction of sp³-hybridized carbons (Fsp3) is 0. The summed E-state index contributed by atoms with van der Waals surface area (Å²) in [5.41, 5.74) is 2.77. The second kappa shape index (κ2) is 6.72. The van der Waals surface area contributed by atoms with Crippen molar-refractivity contribution in [3.8, 4) is 16.9 Å². The highest BCUT2D eigenvalue weighted by molar-refractivity contribution is 6.30. The third-order valence-corrected chi connectivity index (χ3v) is 4.94. The van der Waals surface area contributed by atoms with Crippen LogP contribution in [0.15, 0.2) is 72.4 Å². The Morgan fingerprint density at radius 1 is 1.07 bits per heavy atom. The van der Waals surface area contributed by atoms with Crippen LogP contribution in [0.2, 0.25) is 5.02 Å². The first-order chi connectivity index (χ1) is 14.2. The number of aromatic nitrogens is 4. The Labute approximate surface area is 168 Å². The molecule has 4 aromatic heterocycles. The number of pyridine rings is 3. The summed E-state index contributed by atoms with van der Waals surface area (Å²) in [7, 11) is 0. The molecule has 140 valence electrons.